The van der Waals surface area contributed by atoms with Gasteiger partial charge < -0.3 is 30.1 Å². The van der Waals surface area contributed by atoms with Gasteiger partial charge in [0, 0.05) is 61.8 Å². The molecule has 0 atom stereocenters. The Morgan fingerprint density at radius 1 is 0.884 bits per heavy atom. The maximum atomic E-state index is 12.9. The highest BCUT2D eigenvalue weighted by molar-refractivity contribution is 6.00. The number of nitrogens with zero attached hydrogens (tertiary/aromatic N) is 8. The van der Waals surface area contributed by atoms with E-state index >= 15 is 0 Å². The van der Waals surface area contributed by atoms with E-state index in [9.17, 15) is 9.59 Å². The third-order valence-electron chi connectivity index (χ3n) is 8.02. The van der Waals surface area contributed by atoms with E-state index in [-0.39, 0.29) is 11.9 Å². The fourth-order valence-corrected chi connectivity index (χ4v) is 5.49. The van der Waals surface area contributed by atoms with Gasteiger partial charge in [0.1, 0.15) is 0 Å². The highest BCUT2D eigenvalue weighted by Crippen LogP contribution is 2.27. The Labute approximate surface area is 249 Å². The topological polar surface area (TPSA) is 134 Å². The summed E-state index contributed by atoms with van der Waals surface area (Å²) in [5.74, 6) is 1.31. The summed E-state index contributed by atoms with van der Waals surface area (Å²) in [6, 6.07) is 14.5. The highest BCUT2D eigenvalue weighted by Gasteiger charge is 2.25. The Morgan fingerprint density at radius 2 is 1.51 bits per heavy atom. The number of likely N-dealkylation sites (tertiary alicyclic amines) is 1. The number of carbonyl (C=O) groups is 2. The molecule has 0 bridgehead atoms. The van der Waals surface area contributed by atoms with E-state index in [2.05, 4.69) is 44.8 Å². The van der Waals surface area contributed by atoms with Crippen LogP contribution in [0.4, 0.5) is 22.0 Å². The number of hydrogen-bond acceptors (Lipinski definition) is 9. The summed E-state index contributed by atoms with van der Waals surface area (Å²) in [7, 11) is 5.97. The average Bonchev–Trinajstić information content (AvgIpc) is 3.41. The standard InChI is InChI=1S/C30H36N10O3/c1-37(2)24-12-14-40(15-13-24)29(41)21-6-10-23(11-7-21)32-30(42)31-22-8-4-20(5-9-22)26-33-27-25(35-36-38(27)3)28(34-26)39-16-18-43-19-17-39/h4-11,24H,12-19H2,1-3H3,(H2,31,32,42). The lowest BCUT2D eigenvalue weighted by molar-refractivity contribution is 0.0663. The van der Waals surface area contributed by atoms with Crippen LogP contribution in [0.15, 0.2) is 48.5 Å². The number of urea groups is 1. The molecule has 3 amide bonds. The minimum absolute atomic E-state index is 0.0214. The molecule has 2 aliphatic heterocycles. The molecule has 13 nitrogen and oxygen atoms in total. The Hall–Kier alpha value is -4.62. The van der Waals surface area contributed by atoms with E-state index in [1.165, 1.54) is 0 Å². The highest BCUT2D eigenvalue weighted by atomic mass is 16.5. The van der Waals surface area contributed by atoms with E-state index in [0.29, 0.717) is 53.2 Å². The number of hydrogen-bond donors (Lipinski definition) is 2. The van der Waals surface area contributed by atoms with Crippen molar-refractivity contribution in [1.82, 2.24) is 34.8 Å². The molecule has 2 fully saturated rings. The lowest BCUT2D eigenvalue weighted by Gasteiger charge is -2.35. The fraction of sp³-hybridized carbons (Fsp3) is 0.400. The van der Waals surface area contributed by atoms with E-state index in [0.717, 1.165) is 50.4 Å². The molecule has 4 aromatic rings. The van der Waals surface area contributed by atoms with Crippen molar-refractivity contribution in [2.75, 3.05) is 69.0 Å². The van der Waals surface area contributed by atoms with Crippen LogP contribution < -0.4 is 15.5 Å². The molecule has 6 rings (SSSR count). The zero-order valence-corrected chi connectivity index (χ0v) is 24.7. The molecular formula is C30H36N10O3. The van der Waals surface area contributed by atoms with Crippen LogP contribution in [0.25, 0.3) is 22.6 Å². The van der Waals surface area contributed by atoms with Crippen LogP contribution in [0.3, 0.4) is 0 Å². The van der Waals surface area contributed by atoms with Gasteiger partial charge in [-0.15, -0.1) is 5.10 Å². The number of aryl methyl sites for hydroxylation is 1. The number of carbonyl (C=O) groups excluding carboxylic acids is 2. The molecule has 2 N–H and O–H groups in total. The largest absolute Gasteiger partial charge is 0.378 e. The Balaban J connectivity index is 1.08. The molecule has 2 aliphatic rings. The third kappa shape index (κ3) is 6.27. The lowest BCUT2D eigenvalue weighted by Crippen LogP contribution is -2.44. The summed E-state index contributed by atoms with van der Waals surface area (Å²) in [6.07, 6.45) is 1.94. The number of fused-ring (bicyclic) bond motifs is 1. The smallest absolute Gasteiger partial charge is 0.323 e. The Kier molecular flexibility index (Phi) is 8.16. The number of morpholine rings is 1. The second-order valence-electron chi connectivity index (χ2n) is 11.1. The molecule has 0 saturated carbocycles. The van der Waals surface area contributed by atoms with Crippen molar-refractivity contribution in [3.63, 3.8) is 0 Å². The van der Waals surface area contributed by atoms with Gasteiger partial charge in [-0.1, -0.05) is 5.21 Å². The van der Waals surface area contributed by atoms with Crippen LogP contribution in [0, 0.1) is 0 Å². The molecule has 13 heteroatoms. The molecule has 2 aromatic heterocycles. The number of benzene rings is 2. The molecule has 0 unspecified atom stereocenters. The number of anilines is 3. The molecule has 0 spiro atoms. The monoisotopic (exact) mass is 584 g/mol. The maximum Gasteiger partial charge on any atom is 0.323 e. The lowest BCUT2D eigenvalue weighted by atomic mass is 10.0. The summed E-state index contributed by atoms with van der Waals surface area (Å²) < 4.78 is 7.14. The number of ether oxygens (including phenoxy) is 1. The summed E-state index contributed by atoms with van der Waals surface area (Å²) in [6.45, 7) is 4.19. The van der Waals surface area contributed by atoms with Crippen molar-refractivity contribution < 1.29 is 14.3 Å². The van der Waals surface area contributed by atoms with Crippen molar-refractivity contribution in [1.29, 1.82) is 0 Å². The van der Waals surface area contributed by atoms with Gasteiger partial charge in [0.05, 0.1) is 13.2 Å². The third-order valence-corrected chi connectivity index (χ3v) is 8.02. The summed E-state index contributed by atoms with van der Waals surface area (Å²) >= 11 is 0. The molecule has 0 radical (unpaired) electrons. The second-order valence-corrected chi connectivity index (χ2v) is 11.1. The first kappa shape index (κ1) is 28.5. The van der Waals surface area contributed by atoms with E-state index in [1.807, 2.05) is 17.0 Å². The molecule has 0 aliphatic carbocycles. The van der Waals surface area contributed by atoms with Crippen molar-refractivity contribution in [2.24, 2.45) is 7.05 Å². The van der Waals surface area contributed by atoms with E-state index in [4.69, 9.17) is 14.7 Å². The minimum Gasteiger partial charge on any atom is -0.378 e. The number of nitrogens with one attached hydrogen (secondary N) is 2. The summed E-state index contributed by atoms with van der Waals surface area (Å²) in [5.41, 5.74) is 3.93. The van der Waals surface area contributed by atoms with Crippen LogP contribution in [0.2, 0.25) is 0 Å². The van der Waals surface area contributed by atoms with Crippen LogP contribution in [-0.4, -0.2) is 106 Å². The minimum atomic E-state index is -0.384. The number of piperidine rings is 1. The molecular weight excluding hydrogens is 548 g/mol. The summed E-state index contributed by atoms with van der Waals surface area (Å²) in [5, 5.41) is 14.1. The Morgan fingerprint density at radius 3 is 2.14 bits per heavy atom. The normalized spacial score (nSPS) is 16.1. The first-order valence-electron chi connectivity index (χ1n) is 14.5. The molecule has 2 saturated heterocycles. The fourth-order valence-electron chi connectivity index (χ4n) is 5.49. The van der Waals surface area contributed by atoms with Crippen LogP contribution in [0.5, 0.6) is 0 Å². The first-order valence-corrected chi connectivity index (χ1v) is 14.5. The van der Waals surface area contributed by atoms with E-state index < -0.39 is 0 Å². The van der Waals surface area contributed by atoms with Crippen molar-refractivity contribution in [3.05, 3.63) is 54.1 Å². The molecule has 224 valence electrons. The van der Waals surface area contributed by atoms with Gasteiger partial charge in [0.2, 0.25) is 0 Å². The summed E-state index contributed by atoms with van der Waals surface area (Å²) in [4.78, 5) is 41.4. The quantitative estimate of drug-likeness (QED) is 0.351. The van der Waals surface area contributed by atoms with Crippen molar-refractivity contribution in [3.8, 4) is 11.4 Å². The maximum absolute atomic E-state index is 12.9. The van der Waals surface area contributed by atoms with Crippen molar-refractivity contribution in [2.45, 2.75) is 18.9 Å². The first-order chi connectivity index (χ1) is 20.9. The van der Waals surface area contributed by atoms with Gasteiger partial charge in [0.15, 0.2) is 22.8 Å². The van der Waals surface area contributed by atoms with Gasteiger partial charge in [-0.05, 0) is 75.5 Å². The number of amides is 3. The molecule has 2 aromatic carbocycles. The predicted molar refractivity (Wildman–Crippen MR) is 164 cm³/mol. The second kappa shape index (κ2) is 12.3. The average molecular weight is 585 g/mol. The van der Waals surface area contributed by atoms with Crippen molar-refractivity contribution >= 4 is 40.3 Å². The number of rotatable bonds is 6. The number of aromatic nitrogens is 5. The van der Waals surface area contributed by atoms with Gasteiger partial charge >= 0.3 is 6.03 Å². The van der Waals surface area contributed by atoms with Crippen LogP contribution in [0.1, 0.15) is 23.2 Å². The van der Waals surface area contributed by atoms with Crippen LogP contribution >= 0.6 is 0 Å². The van der Waals surface area contributed by atoms with E-state index in [1.54, 1.807) is 48.1 Å². The predicted octanol–water partition coefficient (Wildman–Crippen LogP) is 3.07. The zero-order valence-electron chi connectivity index (χ0n) is 24.7. The van der Waals surface area contributed by atoms with Crippen LogP contribution in [-0.2, 0) is 11.8 Å². The van der Waals surface area contributed by atoms with Gasteiger partial charge in [-0.2, -0.15) is 0 Å². The SMILES string of the molecule is CN(C)C1CCN(C(=O)c2ccc(NC(=O)Nc3ccc(-c4nc(N5CCOCC5)c5nnn(C)c5n4)cc3)cc2)CC1. The van der Waals surface area contributed by atoms with Gasteiger partial charge in [-0.25, -0.2) is 19.4 Å². The Bertz CT molecular complexity index is 1590. The van der Waals surface area contributed by atoms with Gasteiger partial charge in [-0.3, -0.25) is 4.79 Å². The van der Waals surface area contributed by atoms with Gasteiger partial charge in [0.25, 0.3) is 5.91 Å². The zero-order chi connectivity index (χ0) is 29.9. The molecule has 4 heterocycles. The molecule has 43 heavy (non-hydrogen) atoms.